The minimum atomic E-state index is -1.06. The smallest absolute Gasteiger partial charge is 0.373 e. The van der Waals surface area contributed by atoms with E-state index in [0.717, 1.165) is 32.1 Å². The number of rotatable bonds is 21. The van der Waals surface area contributed by atoms with Crippen molar-refractivity contribution in [3.63, 3.8) is 0 Å². The van der Waals surface area contributed by atoms with Crippen molar-refractivity contribution in [3.05, 3.63) is 59.7 Å². The SMILES string of the molecule is CCCCCCOc1ccc(C(=O)OOC(CCCC)OOC(=O)c2ccc(OCCCCCC)cc2)cc1. The molecular formula is C31H44O8. The predicted octanol–water partition coefficient (Wildman–Crippen LogP) is 8.00. The first kappa shape index (κ1) is 32.1. The average Bonchev–Trinajstić information content (AvgIpc) is 2.97. The van der Waals surface area contributed by atoms with E-state index in [4.69, 9.17) is 29.0 Å². The van der Waals surface area contributed by atoms with Gasteiger partial charge >= 0.3 is 11.9 Å². The average molecular weight is 545 g/mol. The summed E-state index contributed by atoms with van der Waals surface area (Å²) in [6.07, 6.45) is 9.87. The van der Waals surface area contributed by atoms with Gasteiger partial charge in [0.1, 0.15) is 11.5 Å². The molecule has 0 aliphatic rings. The molecule has 0 heterocycles. The fraction of sp³-hybridized carbons (Fsp3) is 0.548. The second-order valence-corrected chi connectivity index (χ2v) is 9.37. The first-order chi connectivity index (χ1) is 19.1. The van der Waals surface area contributed by atoms with Crippen molar-refractivity contribution in [2.45, 2.75) is 97.7 Å². The molecule has 2 aromatic rings. The summed E-state index contributed by atoms with van der Waals surface area (Å²) >= 11 is 0. The van der Waals surface area contributed by atoms with E-state index in [1.165, 1.54) is 25.7 Å². The van der Waals surface area contributed by atoms with Crippen LogP contribution in [0.3, 0.4) is 0 Å². The van der Waals surface area contributed by atoms with E-state index in [0.29, 0.717) is 48.7 Å². The Balaban J connectivity index is 1.77. The van der Waals surface area contributed by atoms with Gasteiger partial charge in [-0.2, -0.15) is 0 Å². The maximum atomic E-state index is 12.4. The summed E-state index contributed by atoms with van der Waals surface area (Å²) in [5, 5.41) is 0. The van der Waals surface area contributed by atoms with Crippen LogP contribution < -0.4 is 9.47 Å². The van der Waals surface area contributed by atoms with Crippen molar-refractivity contribution >= 4 is 11.9 Å². The van der Waals surface area contributed by atoms with E-state index < -0.39 is 18.2 Å². The number of carbonyl (C=O) groups is 2. The molecule has 2 aromatic carbocycles. The molecule has 0 N–H and O–H groups in total. The van der Waals surface area contributed by atoms with Gasteiger partial charge in [-0.05, 0) is 67.8 Å². The molecule has 0 saturated carbocycles. The Bertz CT molecular complexity index is 853. The summed E-state index contributed by atoms with van der Waals surface area (Å²) in [5.74, 6) is -0.00406. The third-order valence-electron chi connectivity index (χ3n) is 5.97. The Morgan fingerprint density at radius 2 is 0.974 bits per heavy atom. The summed E-state index contributed by atoms with van der Waals surface area (Å²) in [6, 6.07) is 13.3. The molecule has 0 unspecified atom stereocenters. The van der Waals surface area contributed by atoms with Crippen LogP contribution in [-0.2, 0) is 19.6 Å². The van der Waals surface area contributed by atoms with Gasteiger partial charge in [0.05, 0.1) is 24.3 Å². The van der Waals surface area contributed by atoms with E-state index in [1.807, 2.05) is 6.92 Å². The molecule has 0 radical (unpaired) electrons. The van der Waals surface area contributed by atoms with E-state index >= 15 is 0 Å². The van der Waals surface area contributed by atoms with Crippen LogP contribution in [0.5, 0.6) is 11.5 Å². The lowest BCUT2D eigenvalue weighted by molar-refractivity contribution is -0.421. The van der Waals surface area contributed by atoms with Crippen LogP contribution in [0.2, 0.25) is 0 Å². The highest BCUT2D eigenvalue weighted by molar-refractivity contribution is 5.89. The van der Waals surface area contributed by atoms with Crippen molar-refractivity contribution in [3.8, 4) is 11.5 Å². The van der Waals surface area contributed by atoms with Gasteiger partial charge in [0, 0.05) is 6.42 Å². The van der Waals surface area contributed by atoms with Crippen molar-refractivity contribution in [2.75, 3.05) is 13.2 Å². The molecule has 0 amide bonds. The van der Waals surface area contributed by atoms with Gasteiger partial charge < -0.3 is 9.47 Å². The summed E-state index contributed by atoms with van der Waals surface area (Å²) < 4.78 is 11.4. The number of hydrogen-bond donors (Lipinski definition) is 0. The van der Waals surface area contributed by atoms with Crippen LogP contribution in [0.1, 0.15) is 112 Å². The molecule has 8 nitrogen and oxygen atoms in total. The highest BCUT2D eigenvalue weighted by Gasteiger charge is 2.19. The van der Waals surface area contributed by atoms with Crippen molar-refractivity contribution in [1.29, 1.82) is 0 Å². The lowest BCUT2D eigenvalue weighted by Crippen LogP contribution is -2.22. The number of unbranched alkanes of at least 4 members (excludes halogenated alkanes) is 7. The zero-order valence-electron chi connectivity index (χ0n) is 23.7. The predicted molar refractivity (Wildman–Crippen MR) is 148 cm³/mol. The lowest BCUT2D eigenvalue weighted by Gasteiger charge is -2.15. The minimum Gasteiger partial charge on any atom is -0.494 e. The Morgan fingerprint density at radius 1 is 0.564 bits per heavy atom. The molecule has 0 bridgehead atoms. The van der Waals surface area contributed by atoms with Crippen LogP contribution >= 0.6 is 0 Å². The topological polar surface area (TPSA) is 89.5 Å². The molecule has 0 aliphatic carbocycles. The molecule has 0 spiro atoms. The maximum absolute atomic E-state index is 12.4. The van der Waals surface area contributed by atoms with Gasteiger partial charge in [-0.1, -0.05) is 65.7 Å². The van der Waals surface area contributed by atoms with Gasteiger partial charge in [0.2, 0.25) is 6.29 Å². The molecule has 0 aliphatic heterocycles. The lowest BCUT2D eigenvalue weighted by atomic mass is 10.2. The highest BCUT2D eigenvalue weighted by Crippen LogP contribution is 2.17. The van der Waals surface area contributed by atoms with E-state index in [9.17, 15) is 9.59 Å². The first-order valence-electron chi connectivity index (χ1n) is 14.3. The van der Waals surface area contributed by atoms with Crippen molar-refractivity contribution in [2.24, 2.45) is 0 Å². The Morgan fingerprint density at radius 3 is 1.36 bits per heavy atom. The van der Waals surface area contributed by atoms with Crippen LogP contribution in [0, 0.1) is 0 Å². The van der Waals surface area contributed by atoms with Crippen LogP contribution in [0.25, 0.3) is 0 Å². The van der Waals surface area contributed by atoms with E-state index in [2.05, 4.69) is 13.8 Å². The van der Waals surface area contributed by atoms with Crippen molar-refractivity contribution in [1.82, 2.24) is 0 Å². The number of hydrogen-bond acceptors (Lipinski definition) is 8. The quantitative estimate of drug-likeness (QED) is 0.0676. The Labute approximate surface area is 232 Å². The van der Waals surface area contributed by atoms with Gasteiger partial charge in [-0.15, -0.1) is 9.78 Å². The third kappa shape index (κ3) is 13.5. The van der Waals surface area contributed by atoms with Crippen LogP contribution in [0.15, 0.2) is 48.5 Å². The highest BCUT2D eigenvalue weighted by atomic mass is 17.3. The summed E-state index contributed by atoms with van der Waals surface area (Å²) in [5.41, 5.74) is 0.597. The number of carbonyl (C=O) groups excluding carboxylic acids is 2. The van der Waals surface area contributed by atoms with Crippen molar-refractivity contribution < 1.29 is 38.6 Å². The molecule has 39 heavy (non-hydrogen) atoms. The van der Waals surface area contributed by atoms with Gasteiger partial charge in [0.15, 0.2) is 0 Å². The molecular weight excluding hydrogens is 500 g/mol. The van der Waals surface area contributed by atoms with E-state index in [1.54, 1.807) is 48.5 Å². The largest absolute Gasteiger partial charge is 0.494 e. The second-order valence-electron chi connectivity index (χ2n) is 9.37. The normalized spacial score (nSPS) is 10.9. The molecule has 0 fully saturated rings. The van der Waals surface area contributed by atoms with Gasteiger partial charge in [0.25, 0.3) is 0 Å². The Kier molecular flexibility index (Phi) is 16.4. The first-order valence-corrected chi connectivity index (χ1v) is 14.3. The van der Waals surface area contributed by atoms with Gasteiger partial charge in [-0.3, -0.25) is 9.78 Å². The monoisotopic (exact) mass is 544 g/mol. The van der Waals surface area contributed by atoms with Crippen LogP contribution in [-0.4, -0.2) is 31.4 Å². The summed E-state index contributed by atoms with van der Waals surface area (Å²) in [4.78, 5) is 45.1. The number of ether oxygens (including phenoxy) is 2. The Hall–Kier alpha value is -3.10. The third-order valence-corrected chi connectivity index (χ3v) is 5.97. The number of benzene rings is 2. The van der Waals surface area contributed by atoms with E-state index in [-0.39, 0.29) is 0 Å². The second kappa shape index (κ2) is 19.9. The summed E-state index contributed by atoms with van der Waals surface area (Å²) in [6.45, 7) is 7.60. The zero-order valence-corrected chi connectivity index (χ0v) is 23.7. The van der Waals surface area contributed by atoms with Gasteiger partial charge in [-0.25, -0.2) is 9.59 Å². The fourth-order valence-electron chi connectivity index (χ4n) is 3.59. The standard InChI is InChI=1S/C31H44O8/c1-4-7-10-12-23-34-27-19-15-25(16-20-27)30(32)38-36-29(14-9-6-3)37-39-31(33)26-17-21-28(22-18-26)35-24-13-11-8-5-2/h15-22,29H,4-14,23-24H2,1-3H3. The zero-order chi connectivity index (χ0) is 28.1. The molecule has 0 atom stereocenters. The minimum absolute atomic E-state index is 0.298. The molecule has 0 aromatic heterocycles. The molecule has 0 saturated heterocycles. The fourth-order valence-corrected chi connectivity index (χ4v) is 3.59. The summed E-state index contributed by atoms with van der Waals surface area (Å²) in [7, 11) is 0. The molecule has 8 heteroatoms. The molecule has 2 rings (SSSR count). The molecule has 216 valence electrons. The van der Waals surface area contributed by atoms with Crippen LogP contribution in [0.4, 0.5) is 0 Å². The maximum Gasteiger partial charge on any atom is 0.373 e.